The molecule has 14 heavy (non-hydrogen) atoms. The van der Waals surface area contributed by atoms with E-state index >= 15 is 0 Å². The third kappa shape index (κ3) is 3.08. The molecule has 0 aromatic carbocycles. The molecule has 0 unspecified atom stereocenters. The monoisotopic (exact) mass is 214 g/mol. The van der Waals surface area contributed by atoms with Crippen molar-refractivity contribution in [3.8, 4) is 0 Å². The second-order valence-corrected chi connectivity index (χ2v) is 5.03. The van der Waals surface area contributed by atoms with Crippen LogP contribution in [0.4, 0.5) is 0 Å². The van der Waals surface area contributed by atoms with E-state index in [9.17, 15) is 13.5 Å². The van der Waals surface area contributed by atoms with Gasteiger partial charge in [0.1, 0.15) is 0 Å². The molecular formula is C9H12NO3S. The van der Waals surface area contributed by atoms with Crippen LogP contribution in [0.3, 0.4) is 0 Å². The molecule has 0 aliphatic carbocycles. The number of unbranched alkanes of at least 4 members (excludes halogenated alkanes) is 1. The average molecular weight is 214 g/mol. The van der Waals surface area contributed by atoms with Gasteiger partial charge < -0.3 is 0 Å². The predicted molar refractivity (Wildman–Crippen MR) is 51.1 cm³/mol. The van der Waals surface area contributed by atoms with Gasteiger partial charge in [-0.05, 0) is 25.0 Å². The summed E-state index contributed by atoms with van der Waals surface area (Å²) < 4.78 is 23.1. The van der Waals surface area contributed by atoms with Crippen molar-refractivity contribution < 1.29 is 13.5 Å². The van der Waals surface area contributed by atoms with Gasteiger partial charge in [-0.3, -0.25) is 4.98 Å². The van der Waals surface area contributed by atoms with Crippen LogP contribution in [-0.2, 0) is 14.9 Å². The van der Waals surface area contributed by atoms with E-state index in [1.807, 2.05) is 0 Å². The zero-order chi connectivity index (χ0) is 10.4. The molecule has 1 radical (unpaired) electrons. The Morgan fingerprint density at radius 1 is 1.29 bits per heavy atom. The lowest BCUT2D eigenvalue weighted by molar-refractivity contribution is 0.188. The third-order valence-electron chi connectivity index (χ3n) is 1.80. The number of hydrogen-bond acceptors (Lipinski definition) is 3. The first-order valence-electron chi connectivity index (χ1n) is 4.38. The van der Waals surface area contributed by atoms with Gasteiger partial charge in [-0.25, -0.2) is 13.5 Å². The Morgan fingerprint density at radius 3 is 2.64 bits per heavy atom. The van der Waals surface area contributed by atoms with E-state index in [4.69, 9.17) is 0 Å². The standard InChI is InChI=1S/C9H12NO3S/c11-6-1-2-7-14(12,13)9-4-3-5-10-8-9/h3-5,8H,1-2,6-7H2. The summed E-state index contributed by atoms with van der Waals surface area (Å²) in [5, 5.41) is 10.1. The van der Waals surface area contributed by atoms with Crippen LogP contribution in [0.1, 0.15) is 12.8 Å². The minimum Gasteiger partial charge on any atom is -0.263 e. The topological polar surface area (TPSA) is 66.9 Å². The molecule has 0 atom stereocenters. The van der Waals surface area contributed by atoms with E-state index in [0.29, 0.717) is 12.8 Å². The molecular weight excluding hydrogens is 202 g/mol. The van der Waals surface area contributed by atoms with Crippen LogP contribution >= 0.6 is 0 Å². The summed E-state index contributed by atoms with van der Waals surface area (Å²) >= 11 is 0. The van der Waals surface area contributed by atoms with Crippen molar-refractivity contribution >= 4 is 9.84 Å². The number of hydrogen-bond donors (Lipinski definition) is 0. The highest BCUT2D eigenvalue weighted by Crippen LogP contribution is 2.10. The molecule has 1 heterocycles. The SMILES string of the molecule is [O]CCCCS(=O)(=O)c1cccnc1. The number of pyridine rings is 1. The van der Waals surface area contributed by atoms with E-state index in [2.05, 4.69) is 4.98 Å². The second kappa shape index (κ2) is 5.07. The van der Waals surface area contributed by atoms with E-state index in [-0.39, 0.29) is 17.3 Å². The summed E-state index contributed by atoms with van der Waals surface area (Å²) in [5.74, 6) is 0.0287. The van der Waals surface area contributed by atoms with Gasteiger partial charge in [0.05, 0.1) is 17.3 Å². The number of sulfone groups is 1. The molecule has 1 aromatic heterocycles. The van der Waals surface area contributed by atoms with Crippen molar-refractivity contribution in [1.82, 2.24) is 4.98 Å². The summed E-state index contributed by atoms with van der Waals surface area (Å²) in [6, 6.07) is 3.10. The van der Waals surface area contributed by atoms with Crippen molar-refractivity contribution in [2.75, 3.05) is 12.4 Å². The maximum absolute atomic E-state index is 11.6. The zero-order valence-electron chi connectivity index (χ0n) is 7.72. The van der Waals surface area contributed by atoms with Crippen molar-refractivity contribution in [2.45, 2.75) is 17.7 Å². The maximum Gasteiger partial charge on any atom is 0.179 e. The summed E-state index contributed by atoms with van der Waals surface area (Å²) in [5.41, 5.74) is 0. The fourth-order valence-corrected chi connectivity index (χ4v) is 2.37. The molecule has 0 amide bonds. The maximum atomic E-state index is 11.6. The van der Waals surface area contributed by atoms with E-state index < -0.39 is 9.84 Å². The van der Waals surface area contributed by atoms with Gasteiger partial charge >= 0.3 is 0 Å². The van der Waals surface area contributed by atoms with Crippen LogP contribution in [0.25, 0.3) is 0 Å². The lowest BCUT2D eigenvalue weighted by Gasteiger charge is -2.01. The Balaban J connectivity index is 2.67. The highest BCUT2D eigenvalue weighted by Gasteiger charge is 2.13. The molecule has 0 fully saturated rings. The fraction of sp³-hybridized carbons (Fsp3) is 0.444. The van der Waals surface area contributed by atoms with Gasteiger partial charge in [0.25, 0.3) is 0 Å². The van der Waals surface area contributed by atoms with Crippen LogP contribution in [0.2, 0.25) is 0 Å². The zero-order valence-corrected chi connectivity index (χ0v) is 8.53. The Kier molecular flexibility index (Phi) is 4.03. The van der Waals surface area contributed by atoms with E-state index in [1.54, 1.807) is 6.07 Å². The molecule has 0 saturated carbocycles. The van der Waals surface area contributed by atoms with Crippen molar-refractivity contribution in [2.24, 2.45) is 0 Å². The number of aromatic nitrogens is 1. The number of rotatable bonds is 5. The van der Waals surface area contributed by atoms with Crippen molar-refractivity contribution in [3.63, 3.8) is 0 Å². The Hall–Kier alpha value is -0.940. The van der Waals surface area contributed by atoms with Gasteiger partial charge in [0.2, 0.25) is 0 Å². The lowest BCUT2D eigenvalue weighted by atomic mass is 10.4. The molecule has 0 bridgehead atoms. The molecule has 0 N–H and O–H groups in total. The Labute approximate surface area is 83.5 Å². The van der Waals surface area contributed by atoms with Crippen LogP contribution in [0.15, 0.2) is 29.4 Å². The minimum absolute atomic E-state index is 0.0287. The lowest BCUT2D eigenvalue weighted by Crippen LogP contribution is -2.07. The highest BCUT2D eigenvalue weighted by molar-refractivity contribution is 7.91. The van der Waals surface area contributed by atoms with Crippen LogP contribution in [0.5, 0.6) is 0 Å². The largest absolute Gasteiger partial charge is 0.263 e. The molecule has 0 aliphatic heterocycles. The first-order valence-corrected chi connectivity index (χ1v) is 6.03. The average Bonchev–Trinajstić information content (AvgIpc) is 2.19. The third-order valence-corrected chi connectivity index (χ3v) is 3.59. The normalized spacial score (nSPS) is 11.5. The first-order chi connectivity index (χ1) is 6.67. The quantitative estimate of drug-likeness (QED) is 0.688. The fourth-order valence-electron chi connectivity index (χ4n) is 1.04. The number of nitrogens with zero attached hydrogens (tertiary/aromatic N) is 1. The van der Waals surface area contributed by atoms with Gasteiger partial charge in [0.15, 0.2) is 9.84 Å². The van der Waals surface area contributed by atoms with Gasteiger partial charge in [-0.2, -0.15) is 0 Å². The molecule has 5 heteroatoms. The van der Waals surface area contributed by atoms with Gasteiger partial charge in [0, 0.05) is 12.4 Å². The van der Waals surface area contributed by atoms with Crippen molar-refractivity contribution in [1.29, 1.82) is 0 Å². The van der Waals surface area contributed by atoms with E-state index in [1.165, 1.54) is 18.5 Å². The molecule has 1 aromatic rings. The highest BCUT2D eigenvalue weighted by atomic mass is 32.2. The smallest absolute Gasteiger partial charge is 0.179 e. The Bertz CT molecular complexity index is 361. The summed E-state index contributed by atoms with van der Waals surface area (Å²) in [4.78, 5) is 3.97. The molecule has 4 nitrogen and oxygen atoms in total. The molecule has 0 spiro atoms. The van der Waals surface area contributed by atoms with Crippen LogP contribution in [-0.4, -0.2) is 25.8 Å². The minimum atomic E-state index is -3.23. The molecule has 0 aliphatic rings. The molecule has 1 rings (SSSR count). The summed E-state index contributed by atoms with van der Waals surface area (Å²) in [6.07, 6.45) is 3.67. The molecule has 0 saturated heterocycles. The first kappa shape index (κ1) is 11.1. The van der Waals surface area contributed by atoms with Crippen LogP contribution in [0, 0.1) is 0 Å². The summed E-state index contributed by atoms with van der Waals surface area (Å²) in [6.45, 7) is -0.220. The van der Waals surface area contributed by atoms with E-state index in [0.717, 1.165) is 0 Å². The second-order valence-electron chi connectivity index (χ2n) is 2.92. The summed E-state index contributed by atoms with van der Waals surface area (Å²) in [7, 11) is -3.23. The van der Waals surface area contributed by atoms with Crippen LogP contribution < -0.4 is 0 Å². The predicted octanol–water partition coefficient (Wildman–Crippen LogP) is 1.07. The Morgan fingerprint density at radius 2 is 2.07 bits per heavy atom. The van der Waals surface area contributed by atoms with Gasteiger partial charge in [-0.1, -0.05) is 0 Å². The van der Waals surface area contributed by atoms with Crippen molar-refractivity contribution in [3.05, 3.63) is 24.5 Å². The van der Waals surface area contributed by atoms with Gasteiger partial charge in [-0.15, -0.1) is 0 Å². The molecule has 77 valence electrons.